The van der Waals surface area contributed by atoms with Gasteiger partial charge in [-0.05, 0) is 55.3 Å². The SMILES string of the molecule is CCC1(COCCC2C(COCC3(CC)COC3)C3CC2C2OC2C3C)COC1. The number of hydrogen-bond acceptors (Lipinski definition) is 5. The topological polar surface area (TPSA) is 49.5 Å². The molecule has 2 bridgehead atoms. The fourth-order valence-corrected chi connectivity index (χ4v) is 6.58. The van der Waals surface area contributed by atoms with Gasteiger partial charge >= 0.3 is 0 Å². The van der Waals surface area contributed by atoms with E-state index in [1.165, 1.54) is 6.42 Å². The van der Waals surface area contributed by atoms with Crippen molar-refractivity contribution in [2.24, 2.45) is 40.4 Å². The zero-order valence-corrected chi connectivity index (χ0v) is 18.6. The molecule has 2 aliphatic carbocycles. The Morgan fingerprint density at radius 3 is 2.07 bits per heavy atom. The highest BCUT2D eigenvalue weighted by Crippen LogP contribution is 2.60. The molecule has 5 rings (SSSR count). The summed E-state index contributed by atoms with van der Waals surface area (Å²) >= 11 is 0. The van der Waals surface area contributed by atoms with Crippen LogP contribution in [0.15, 0.2) is 0 Å². The number of hydrogen-bond donors (Lipinski definition) is 0. The second-order valence-electron chi connectivity index (χ2n) is 10.9. The van der Waals surface area contributed by atoms with Crippen molar-refractivity contribution in [3.05, 3.63) is 0 Å². The van der Waals surface area contributed by atoms with Gasteiger partial charge in [0.25, 0.3) is 0 Å². The van der Waals surface area contributed by atoms with Crippen molar-refractivity contribution in [3.8, 4) is 0 Å². The zero-order valence-electron chi connectivity index (χ0n) is 18.6. The molecule has 3 heterocycles. The minimum absolute atomic E-state index is 0.280. The fraction of sp³-hybridized carbons (Fsp3) is 1.00. The third-order valence-corrected chi connectivity index (χ3v) is 9.23. The first kappa shape index (κ1) is 20.7. The van der Waals surface area contributed by atoms with Crippen LogP contribution in [-0.2, 0) is 23.7 Å². The van der Waals surface area contributed by atoms with E-state index in [4.69, 9.17) is 23.7 Å². The monoisotopic (exact) mass is 408 g/mol. The Morgan fingerprint density at radius 1 is 0.828 bits per heavy atom. The molecule has 0 N–H and O–H groups in total. The van der Waals surface area contributed by atoms with Gasteiger partial charge in [-0.25, -0.2) is 0 Å². The first-order valence-corrected chi connectivity index (χ1v) is 12.1. The molecular weight excluding hydrogens is 368 g/mol. The highest BCUT2D eigenvalue weighted by atomic mass is 16.6. The van der Waals surface area contributed by atoms with Crippen molar-refractivity contribution in [1.82, 2.24) is 0 Å². The third-order valence-electron chi connectivity index (χ3n) is 9.23. The molecule has 7 atom stereocenters. The minimum atomic E-state index is 0.280. The van der Waals surface area contributed by atoms with Gasteiger partial charge in [0.2, 0.25) is 0 Å². The summed E-state index contributed by atoms with van der Waals surface area (Å²) < 4.78 is 29.6. The Morgan fingerprint density at radius 2 is 1.48 bits per heavy atom. The Bertz CT molecular complexity index is 561. The Balaban J connectivity index is 1.16. The van der Waals surface area contributed by atoms with E-state index in [1.807, 2.05) is 0 Å². The Labute approximate surface area is 176 Å². The fourth-order valence-electron chi connectivity index (χ4n) is 6.58. The number of rotatable bonds is 11. The normalized spacial score (nSPS) is 43.3. The zero-order chi connectivity index (χ0) is 20.1. The molecule has 5 heteroatoms. The first-order chi connectivity index (χ1) is 14.1. The molecule has 0 spiro atoms. The van der Waals surface area contributed by atoms with Crippen LogP contribution in [0.3, 0.4) is 0 Å². The lowest BCUT2D eigenvalue weighted by Crippen LogP contribution is -2.46. The Kier molecular flexibility index (Phi) is 5.74. The highest BCUT2D eigenvalue weighted by molar-refractivity contribution is 5.10. The van der Waals surface area contributed by atoms with Crippen molar-refractivity contribution in [3.63, 3.8) is 0 Å². The van der Waals surface area contributed by atoms with Gasteiger partial charge in [0.05, 0.1) is 51.8 Å². The lowest BCUT2D eigenvalue weighted by Gasteiger charge is -2.41. The van der Waals surface area contributed by atoms with Crippen molar-refractivity contribution >= 4 is 0 Å². The molecule has 5 aliphatic rings. The van der Waals surface area contributed by atoms with E-state index in [2.05, 4.69) is 20.8 Å². The van der Waals surface area contributed by atoms with E-state index in [1.54, 1.807) is 0 Å². The van der Waals surface area contributed by atoms with E-state index in [9.17, 15) is 0 Å². The van der Waals surface area contributed by atoms with E-state index in [-0.39, 0.29) is 10.8 Å². The van der Waals surface area contributed by atoms with Gasteiger partial charge in [-0.2, -0.15) is 0 Å². The molecular formula is C24H40O5. The first-order valence-electron chi connectivity index (χ1n) is 12.1. The summed E-state index contributed by atoms with van der Waals surface area (Å²) in [5.74, 6) is 3.50. The number of fused-ring (bicyclic) bond motifs is 4. The van der Waals surface area contributed by atoms with Crippen LogP contribution in [0.5, 0.6) is 0 Å². The summed E-state index contributed by atoms with van der Waals surface area (Å²) in [6, 6.07) is 0. The van der Waals surface area contributed by atoms with Crippen LogP contribution in [0.2, 0.25) is 0 Å². The van der Waals surface area contributed by atoms with Gasteiger partial charge in [0.15, 0.2) is 0 Å². The summed E-state index contributed by atoms with van der Waals surface area (Å²) in [6.07, 6.45) is 5.81. The summed E-state index contributed by atoms with van der Waals surface area (Å²) in [5.41, 5.74) is 0.565. The summed E-state index contributed by atoms with van der Waals surface area (Å²) in [7, 11) is 0. The van der Waals surface area contributed by atoms with Gasteiger partial charge in [-0.15, -0.1) is 0 Å². The molecule has 3 aliphatic heterocycles. The van der Waals surface area contributed by atoms with Crippen LogP contribution < -0.4 is 0 Å². The molecule has 0 aromatic heterocycles. The second-order valence-corrected chi connectivity index (χ2v) is 10.9. The van der Waals surface area contributed by atoms with Crippen molar-refractivity contribution < 1.29 is 23.7 Å². The van der Waals surface area contributed by atoms with Crippen LogP contribution in [0.25, 0.3) is 0 Å². The highest BCUT2D eigenvalue weighted by Gasteiger charge is 2.63. The standard InChI is InChI=1S/C24H40O5/c1-4-23(12-27-13-23)10-25-7-6-17-19-8-18(16(3)21-22(19)29-21)20(17)9-26-11-24(5-2)14-28-15-24/h16-22H,4-15H2,1-3H3. The number of ether oxygens (including phenoxy) is 5. The molecule has 0 amide bonds. The van der Waals surface area contributed by atoms with Gasteiger partial charge in [-0.3, -0.25) is 0 Å². The molecule has 29 heavy (non-hydrogen) atoms. The van der Waals surface area contributed by atoms with E-state index >= 15 is 0 Å². The summed E-state index contributed by atoms with van der Waals surface area (Å²) in [6.45, 7) is 13.9. The molecule has 5 nitrogen and oxygen atoms in total. The molecule has 166 valence electrons. The lowest BCUT2D eigenvalue weighted by atomic mass is 9.79. The summed E-state index contributed by atoms with van der Waals surface area (Å²) in [4.78, 5) is 0. The van der Waals surface area contributed by atoms with E-state index in [0.29, 0.717) is 30.0 Å². The lowest BCUT2D eigenvalue weighted by molar-refractivity contribution is -0.156. The van der Waals surface area contributed by atoms with Crippen LogP contribution >= 0.6 is 0 Å². The van der Waals surface area contributed by atoms with Gasteiger partial charge < -0.3 is 23.7 Å². The molecule has 0 aromatic carbocycles. The van der Waals surface area contributed by atoms with Gasteiger partial charge in [0.1, 0.15) is 0 Å². The maximum absolute atomic E-state index is 6.38. The molecule has 3 saturated heterocycles. The quantitative estimate of drug-likeness (QED) is 0.387. The van der Waals surface area contributed by atoms with Crippen molar-refractivity contribution in [1.29, 1.82) is 0 Å². The predicted octanol–water partition coefficient (Wildman–Crippen LogP) is 3.55. The average molecular weight is 409 g/mol. The minimum Gasteiger partial charge on any atom is -0.381 e. The average Bonchev–Trinajstić information content (AvgIpc) is 3.40. The molecule has 5 fully saturated rings. The molecule has 7 unspecified atom stereocenters. The predicted molar refractivity (Wildman–Crippen MR) is 110 cm³/mol. The van der Waals surface area contributed by atoms with Gasteiger partial charge in [-0.1, -0.05) is 20.8 Å². The van der Waals surface area contributed by atoms with E-state index < -0.39 is 0 Å². The number of epoxide rings is 1. The smallest absolute Gasteiger partial charge is 0.0875 e. The van der Waals surface area contributed by atoms with Crippen LogP contribution in [0.4, 0.5) is 0 Å². The molecule has 0 radical (unpaired) electrons. The van der Waals surface area contributed by atoms with Crippen molar-refractivity contribution in [2.45, 2.75) is 58.7 Å². The maximum atomic E-state index is 6.38. The van der Waals surface area contributed by atoms with E-state index in [0.717, 1.165) is 84.0 Å². The van der Waals surface area contributed by atoms with Crippen LogP contribution in [0.1, 0.15) is 46.5 Å². The van der Waals surface area contributed by atoms with Crippen molar-refractivity contribution in [2.75, 3.05) is 52.9 Å². The second kappa shape index (κ2) is 8.05. The summed E-state index contributed by atoms with van der Waals surface area (Å²) in [5, 5.41) is 0. The maximum Gasteiger partial charge on any atom is 0.0875 e. The Hall–Kier alpha value is -0.200. The third kappa shape index (κ3) is 3.69. The van der Waals surface area contributed by atoms with Crippen LogP contribution in [-0.4, -0.2) is 65.1 Å². The van der Waals surface area contributed by atoms with Gasteiger partial charge in [0, 0.05) is 24.0 Å². The largest absolute Gasteiger partial charge is 0.381 e. The molecule has 2 saturated carbocycles. The molecule has 0 aromatic rings. The van der Waals surface area contributed by atoms with Crippen LogP contribution in [0, 0.1) is 40.4 Å².